The summed E-state index contributed by atoms with van der Waals surface area (Å²) >= 11 is 0. The summed E-state index contributed by atoms with van der Waals surface area (Å²) in [6.45, 7) is 0.746. The van der Waals surface area contributed by atoms with Gasteiger partial charge in [-0.1, -0.05) is 30.3 Å². The number of rotatable bonds is 4. The number of hydrogen-bond donors (Lipinski definition) is 1. The molecule has 0 fully saturated rings. The smallest absolute Gasteiger partial charge is 0.147 e. The molecular formula is C13H12N4. The highest BCUT2D eigenvalue weighted by molar-refractivity contribution is 5.49. The molecule has 4 heteroatoms. The van der Waals surface area contributed by atoms with Crippen molar-refractivity contribution in [3.8, 4) is 6.07 Å². The number of nitriles is 1. The van der Waals surface area contributed by atoms with Crippen LogP contribution in [0.15, 0.2) is 42.9 Å². The van der Waals surface area contributed by atoms with Crippen LogP contribution in [0.4, 0.5) is 5.82 Å². The third-order valence-electron chi connectivity index (χ3n) is 2.38. The van der Waals surface area contributed by atoms with Gasteiger partial charge in [-0.3, -0.25) is 0 Å². The van der Waals surface area contributed by atoms with Gasteiger partial charge in [0.15, 0.2) is 0 Å². The van der Waals surface area contributed by atoms with Crippen LogP contribution >= 0.6 is 0 Å². The highest BCUT2D eigenvalue weighted by atomic mass is 15.0. The molecule has 0 bridgehead atoms. The first-order valence-corrected chi connectivity index (χ1v) is 5.38. The Kier molecular flexibility index (Phi) is 3.66. The molecule has 2 rings (SSSR count). The van der Waals surface area contributed by atoms with E-state index in [2.05, 4.69) is 33.5 Å². The topological polar surface area (TPSA) is 61.6 Å². The maximum atomic E-state index is 8.86. The molecule has 4 nitrogen and oxygen atoms in total. The van der Waals surface area contributed by atoms with Crippen LogP contribution in [0.5, 0.6) is 0 Å². The minimum Gasteiger partial charge on any atom is -0.369 e. The van der Waals surface area contributed by atoms with Crippen molar-refractivity contribution in [2.24, 2.45) is 0 Å². The van der Waals surface area contributed by atoms with Crippen molar-refractivity contribution in [1.29, 1.82) is 5.26 Å². The highest BCUT2D eigenvalue weighted by Gasteiger charge is 2.01. The minimum atomic E-state index is 0.473. The van der Waals surface area contributed by atoms with Gasteiger partial charge in [0.1, 0.15) is 23.8 Å². The van der Waals surface area contributed by atoms with E-state index in [9.17, 15) is 0 Å². The van der Waals surface area contributed by atoms with E-state index in [1.54, 1.807) is 0 Å². The van der Waals surface area contributed by atoms with E-state index in [1.165, 1.54) is 18.1 Å². The van der Waals surface area contributed by atoms with Crippen LogP contribution < -0.4 is 5.32 Å². The van der Waals surface area contributed by atoms with E-state index in [0.717, 1.165) is 13.0 Å². The molecule has 0 aliphatic rings. The van der Waals surface area contributed by atoms with E-state index in [0.29, 0.717) is 11.4 Å². The molecule has 1 heterocycles. The molecule has 2 aromatic rings. The van der Waals surface area contributed by atoms with Crippen LogP contribution in [0.2, 0.25) is 0 Å². The molecular weight excluding hydrogens is 212 g/mol. The van der Waals surface area contributed by atoms with Gasteiger partial charge in [0, 0.05) is 6.54 Å². The summed E-state index contributed by atoms with van der Waals surface area (Å²) in [7, 11) is 0. The van der Waals surface area contributed by atoms with Crippen LogP contribution in [0, 0.1) is 11.3 Å². The first-order chi connectivity index (χ1) is 8.40. The average Bonchev–Trinajstić information content (AvgIpc) is 2.40. The van der Waals surface area contributed by atoms with E-state index in [-0.39, 0.29) is 0 Å². The summed E-state index contributed by atoms with van der Waals surface area (Å²) in [6.07, 6.45) is 3.85. The Hall–Kier alpha value is -2.41. The van der Waals surface area contributed by atoms with Crippen molar-refractivity contribution in [3.63, 3.8) is 0 Å². The van der Waals surface area contributed by atoms with Crippen molar-refractivity contribution < 1.29 is 0 Å². The lowest BCUT2D eigenvalue weighted by Gasteiger charge is -2.06. The lowest BCUT2D eigenvalue weighted by molar-refractivity contribution is 0.996. The molecule has 0 unspecified atom stereocenters. The summed E-state index contributed by atoms with van der Waals surface area (Å²) in [5, 5.41) is 12.0. The first-order valence-electron chi connectivity index (χ1n) is 5.38. The van der Waals surface area contributed by atoms with Gasteiger partial charge in [0.2, 0.25) is 0 Å². The number of nitrogens with one attached hydrogen (secondary N) is 1. The lowest BCUT2D eigenvalue weighted by atomic mass is 10.1. The molecule has 0 aliphatic heterocycles. The molecule has 1 aromatic carbocycles. The van der Waals surface area contributed by atoms with Crippen molar-refractivity contribution in [1.82, 2.24) is 9.97 Å². The van der Waals surface area contributed by atoms with Gasteiger partial charge in [-0.25, -0.2) is 9.97 Å². The molecule has 17 heavy (non-hydrogen) atoms. The van der Waals surface area contributed by atoms with Gasteiger partial charge in [-0.05, 0) is 12.0 Å². The Morgan fingerprint density at radius 2 is 2.06 bits per heavy atom. The average molecular weight is 224 g/mol. The standard InChI is InChI=1S/C13H12N4/c14-8-12-9-15-10-17-13(12)16-7-6-11-4-2-1-3-5-11/h1-5,9-10H,6-7H2,(H,15,16,17). The third kappa shape index (κ3) is 3.02. The number of aromatic nitrogens is 2. The summed E-state index contributed by atoms with van der Waals surface area (Å²) < 4.78 is 0. The quantitative estimate of drug-likeness (QED) is 0.862. The summed E-state index contributed by atoms with van der Waals surface area (Å²) in [6, 6.07) is 12.2. The van der Waals surface area contributed by atoms with Crippen LogP contribution in [-0.4, -0.2) is 16.5 Å². The first kappa shape index (κ1) is 11.1. The second kappa shape index (κ2) is 5.61. The normalized spacial score (nSPS) is 9.59. The van der Waals surface area contributed by atoms with E-state index < -0.39 is 0 Å². The van der Waals surface area contributed by atoms with Gasteiger partial charge in [0.25, 0.3) is 0 Å². The zero-order valence-electron chi connectivity index (χ0n) is 9.30. The minimum absolute atomic E-state index is 0.473. The molecule has 0 saturated heterocycles. The number of hydrogen-bond acceptors (Lipinski definition) is 4. The molecule has 0 radical (unpaired) electrons. The fourth-order valence-electron chi connectivity index (χ4n) is 1.52. The van der Waals surface area contributed by atoms with Gasteiger partial charge < -0.3 is 5.32 Å². The van der Waals surface area contributed by atoms with Crippen molar-refractivity contribution >= 4 is 5.82 Å². The molecule has 0 amide bonds. The van der Waals surface area contributed by atoms with E-state index in [1.807, 2.05) is 18.2 Å². The Morgan fingerprint density at radius 3 is 2.82 bits per heavy atom. The zero-order chi connectivity index (χ0) is 11.9. The van der Waals surface area contributed by atoms with Crippen molar-refractivity contribution in [3.05, 3.63) is 54.0 Å². The fraction of sp³-hybridized carbons (Fsp3) is 0.154. The number of nitrogens with zero attached hydrogens (tertiary/aromatic N) is 3. The van der Waals surface area contributed by atoms with Crippen LogP contribution in [-0.2, 0) is 6.42 Å². The van der Waals surface area contributed by atoms with Gasteiger partial charge in [0.05, 0.1) is 6.20 Å². The van der Waals surface area contributed by atoms with Crippen molar-refractivity contribution in [2.75, 3.05) is 11.9 Å². The lowest BCUT2D eigenvalue weighted by Crippen LogP contribution is -2.07. The molecule has 84 valence electrons. The molecule has 0 atom stereocenters. The predicted molar refractivity (Wildman–Crippen MR) is 65.4 cm³/mol. The van der Waals surface area contributed by atoms with Crippen LogP contribution in [0.25, 0.3) is 0 Å². The van der Waals surface area contributed by atoms with Gasteiger partial charge in [-0.2, -0.15) is 5.26 Å². The number of benzene rings is 1. The van der Waals surface area contributed by atoms with Gasteiger partial charge >= 0.3 is 0 Å². The second-order valence-corrected chi connectivity index (χ2v) is 3.56. The summed E-state index contributed by atoms with van der Waals surface area (Å²) in [4.78, 5) is 7.84. The van der Waals surface area contributed by atoms with Crippen LogP contribution in [0.1, 0.15) is 11.1 Å². The molecule has 1 aromatic heterocycles. The maximum absolute atomic E-state index is 8.86. The van der Waals surface area contributed by atoms with Gasteiger partial charge in [-0.15, -0.1) is 0 Å². The van der Waals surface area contributed by atoms with E-state index in [4.69, 9.17) is 5.26 Å². The Labute approximate surface area is 100.0 Å². The fourth-order valence-corrected chi connectivity index (χ4v) is 1.52. The third-order valence-corrected chi connectivity index (χ3v) is 2.38. The monoisotopic (exact) mass is 224 g/mol. The molecule has 0 aliphatic carbocycles. The second-order valence-electron chi connectivity index (χ2n) is 3.56. The molecule has 0 spiro atoms. The SMILES string of the molecule is N#Cc1cncnc1NCCc1ccccc1. The largest absolute Gasteiger partial charge is 0.369 e. The predicted octanol–water partition coefficient (Wildman–Crippen LogP) is 2.00. The summed E-state index contributed by atoms with van der Waals surface area (Å²) in [5.74, 6) is 0.596. The Balaban J connectivity index is 1.93. The molecule has 1 N–H and O–H groups in total. The zero-order valence-corrected chi connectivity index (χ0v) is 9.30. The number of anilines is 1. The maximum Gasteiger partial charge on any atom is 0.147 e. The van der Waals surface area contributed by atoms with Crippen LogP contribution in [0.3, 0.4) is 0 Å². The van der Waals surface area contributed by atoms with E-state index >= 15 is 0 Å². The summed E-state index contributed by atoms with van der Waals surface area (Å²) in [5.41, 5.74) is 1.73. The van der Waals surface area contributed by atoms with Crippen molar-refractivity contribution in [2.45, 2.75) is 6.42 Å². The Bertz CT molecular complexity index is 516. The Morgan fingerprint density at radius 1 is 1.24 bits per heavy atom. The highest BCUT2D eigenvalue weighted by Crippen LogP contribution is 2.08. The molecule has 0 saturated carbocycles.